The van der Waals surface area contributed by atoms with E-state index in [9.17, 15) is 0 Å². The Bertz CT molecular complexity index is 489. The van der Waals surface area contributed by atoms with Crippen LogP contribution in [0.4, 0.5) is 0 Å². The number of aliphatic hydroxyl groups is 1. The largest absolute Gasteiger partial charge is 0.384 e. The first-order valence-corrected chi connectivity index (χ1v) is 7.23. The first-order valence-electron chi connectivity index (χ1n) is 7.23. The molecule has 0 radical (unpaired) electrons. The Balaban J connectivity index is 1.88. The monoisotopic (exact) mass is 272 g/mol. The SMILES string of the molecule is CN1CCC(CN(C)Cc2cccc(C#CCO)c2)C1. The molecular weight excluding hydrogens is 248 g/mol. The Morgan fingerprint density at radius 2 is 2.30 bits per heavy atom. The Morgan fingerprint density at radius 3 is 3.00 bits per heavy atom. The van der Waals surface area contributed by atoms with Crippen molar-refractivity contribution < 1.29 is 5.11 Å². The van der Waals surface area contributed by atoms with E-state index < -0.39 is 0 Å². The summed E-state index contributed by atoms with van der Waals surface area (Å²) in [4.78, 5) is 4.80. The molecule has 1 aromatic rings. The Hall–Kier alpha value is -1.34. The van der Waals surface area contributed by atoms with Gasteiger partial charge in [-0.15, -0.1) is 0 Å². The van der Waals surface area contributed by atoms with Crippen LogP contribution in [0.1, 0.15) is 17.5 Å². The highest BCUT2D eigenvalue weighted by Crippen LogP contribution is 2.16. The molecule has 1 atom stereocenters. The molecule has 0 aliphatic carbocycles. The minimum Gasteiger partial charge on any atom is -0.384 e. The van der Waals surface area contributed by atoms with Gasteiger partial charge in [-0.2, -0.15) is 0 Å². The van der Waals surface area contributed by atoms with Crippen LogP contribution < -0.4 is 0 Å². The van der Waals surface area contributed by atoms with Crippen molar-refractivity contribution in [2.75, 3.05) is 40.3 Å². The Kier molecular flexibility index (Phi) is 5.60. The molecule has 0 saturated carbocycles. The van der Waals surface area contributed by atoms with Crippen molar-refractivity contribution in [1.82, 2.24) is 9.80 Å². The number of nitrogens with zero attached hydrogens (tertiary/aromatic N) is 2. The molecule has 0 bridgehead atoms. The van der Waals surface area contributed by atoms with Gasteiger partial charge in [-0.1, -0.05) is 24.0 Å². The second-order valence-electron chi connectivity index (χ2n) is 5.77. The molecule has 1 fully saturated rings. The number of hydrogen-bond acceptors (Lipinski definition) is 3. The highest BCUT2D eigenvalue weighted by molar-refractivity contribution is 5.37. The number of hydrogen-bond donors (Lipinski definition) is 1. The fourth-order valence-corrected chi connectivity index (χ4v) is 2.88. The molecule has 3 nitrogen and oxygen atoms in total. The highest BCUT2D eigenvalue weighted by atomic mass is 16.2. The standard InChI is InChI=1S/C17H24N2O/c1-18-9-8-17(13-18)14-19(2)12-16-6-3-5-15(11-16)7-4-10-20/h3,5-6,11,17,20H,8-10,12-14H2,1-2H3. The molecule has 0 spiro atoms. The van der Waals surface area contributed by atoms with Gasteiger partial charge in [0.15, 0.2) is 0 Å². The van der Waals surface area contributed by atoms with Crippen molar-refractivity contribution in [3.05, 3.63) is 35.4 Å². The summed E-state index contributed by atoms with van der Waals surface area (Å²) in [5.41, 5.74) is 2.26. The third kappa shape index (κ3) is 4.64. The van der Waals surface area contributed by atoms with E-state index in [1.165, 1.54) is 25.1 Å². The van der Waals surface area contributed by atoms with E-state index in [2.05, 4.69) is 47.9 Å². The van der Waals surface area contributed by atoms with Gasteiger partial charge in [-0.05, 0) is 50.7 Å². The second kappa shape index (κ2) is 7.44. The van der Waals surface area contributed by atoms with E-state index in [0.717, 1.165) is 24.6 Å². The van der Waals surface area contributed by atoms with Crippen LogP contribution in [0.15, 0.2) is 24.3 Å². The summed E-state index contributed by atoms with van der Waals surface area (Å²) < 4.78 is 0. The van der Waals surface area contributed by atoms with Crippen molar-refractivity contribution in [2.45, 2.75) is 13.0 Å². The lowest BCUT2D eigenvalue weighted by molar-refractivity contribution is 0.267. The summed E-state index contributed by atoms with van der Waals surface area (Å²) in [6.45, 7) is 4.46. The van der Waals surface area contributed by atoms with Crippen molar-refractivity contribution in [3.63, 3.8) is 0 Å². The number of rotatable bonds is 4. The Morgan fingerprint density at radius 1 is 1.45 bits per heavy atom. The minimum atomic E-state index is -0.0840. The van der Waals surface area contributed by atoms with Gasteiger partial charge in [0, 0.05) is 25.2 Å². The summed E-state index contributed by atoms with van der Waals surface area (Å²) in [7, 11) is 4.38. The topological polar surface area (TPSA) is 26.7 Å². The van der Waals surface area contributed by atoms with E-state index >= 15 is 0 Å². The molecular formula is C17H24N2O. The fraction of sp³-hybridized carbons (Fsp3) is 0.529. The van der Waals surface area contributed by atoms with Crippen LogP contribution in [0.3, 0.4) is 0 Å². The third-order valence-electron chi connectivity index (χ3n) is 3.75. The number of aliphatic hydroxyl groups excluding tert-OH is 1. The van der Waals surface area contributed by atoms with E-state index in [1.54, 1.807) is 0 Å². The molecule has 20 heavy (non-hydrogen) atoms. The van der Waals surface area contributed by atoms with Crippen LogP contribution in [0, 0.1) is 17.8 Å². The normalized spacial score (nSPS) is 19.1. The zero-order valence-corrected chi connectivity index (χ0v) is 12.5. The van der Waals surface area contributed by atoms with Crippen LogP contribution in [-0.2, 0) is 6.54 Å². The summed E-state index contributed by atoms with van der Waals surface area (Å²) in [6.07, 6.45) is 1.31. The Labute approximate surface area is 122 Å². The fourth-order valence-electron chi connectivity index (χ4n) is 2.88. The third-order valence-corrected chi connectivity index (χ3v) is 3.75. The zero-order valence-electron chi connectivity index (χ0n) is 12.5. The van der Waals surface area contributed by atoms with Gasteiger partial charge in [-0.3, -0.25) is 0 Å². The molecule has 1 aromatic carbocycles. The van der Waals surface area contributed by atoms with E-state index in [1.807, 2.05) is 12.1 Å². The van der Waals surface area contributed by atoms with Gasteiger partial charge in [0.1, 0.15) is 6.61 Å². The maximum absolute atomic E-state index is 8.74. The molecule has 0 aromatic heterocycles. The van der Waals surface area contributed by atoms with Crippen molar-refractivity contribution in [1.29, 1.82) is 0 Å². The quantitative estimate of drug-likeness (QED) is 0.840. The average molecular weight is 272 g/mol. The number of likely N-dealkylation sites (tertiary alicyclic amines) is 1. The summed E-state index contributed by atoms with van der Waals surface area (Å²) in [5.74, 6) is 6.45. The lowest BCUT2D eigenvalue weighted by Gasteiger charge is -2.21. The maximum Gasteiger partial charge on any atom is 0.104 e. The lowest BCUT2D eigenvalue weighted by Crippen LogP contribution is -2.27. The maximum atomic E-state index is 8.74. The van der Waals surface area contributed by atoms with E-state index in [-0.39, 0.29) is 6.61 Å². The van der Waals surface area contributed by atoms with Crippen LogP contribution in [-0.4, -0.2) is 55.2 Å². The molecule has 2 rings (SSSR count). The summed E-state index contributed by atoms with van der Waals surface area (Å²) in [6, 6.07) is 8.27. The van der Waals surface area contributed by atoms with Gasteiger partial charge in [0.25, 0.3) is 0 Å². The second-order valence-corrected chi connectivity index (χ2v) is 5.77. The molecule has 1 saturated heterocycles. The number of benzene rings is 1. The molecule has 1 heterocycles. The summed E-state index contributed by atoms with van der Waals surface area (Å²) >= 11 is 0. The van der Waals surface area contributed by atoms with Crippen LogP contribution in [0.25, 0.3) is 0 Å². The predicted octanol–water partition coefficient (Wildman–Crippen LogP) is 1.41. The lowest BCUT2D eigenvalue weighted by atomic mass is 10.1. The highest BCUT2D eigenvalue weighted by Gasteiger charge is 2.20. The average Bonchev–Trinajstić information content (AvgIpc) is 2.82. The van der Waals surface area contributed by atoms with Gasteiger partial charge >= 0.3 is 0 Å². The minimum absolute atomic E-state index is 0.0840. The van der Waals surface area contributed by atoms with Gasteiger partial charge < -0.3 is 14.9 Å². The first-order chi connectivity index (χ1) is 9.67. The molecule has 1 N–H and O–H groups in total. The van der Waals surface area contributed by atoms with E-state index in [0.29, 0.717) is 0 Å². The molecule has 1 aliphatic heterocycles. The molecule has 1 aliphatic rings. The predicted molar refractivity (Wildman–Crippen MR) is 82.3 cm³/mol. The van der Waals surface area contributed by atoms with Crippen LogP contribution in [0.2, 0.25) is 0 Å². The van der Waals surface area contributed by atoms with Crippen LogP contribution >= 0.6 is 0 Å². The molecule has 0 amide bonds. The first kappa shape index (κ1) is 15.1. The van der Waals surface area contributed by atoms with E-state index in [4.69, 9.17) is 5.11 Å². The molecule has 3 heteroatoms. The van der Waals surface area contributed by atoms with Crippen molar-refractivity contribution >= 4 is 0 Å². The smallest absolute Gasteiger partial charge is 0.104 e. The molecule has 108 valence electrons. The van der Waals surface area contributed by atoms with Gasteiger partial charge in [-0.25, -0.2) is 0 Å². The van der Waals surface area contributed by atoms with Gasteiger partial charge in [0.05, 0.1) is 0 Å². The van der Waals surface area contributed by atoms with Crippen LogP contribution in [0.5, 0.6) is 0 Å². The molecule has 1 unspecified atom stereocenters. The zero-order chi connectivity index (χ0) is 14.4. The van der Waals surface area contributed by atoms with Crippen molar-refractivity contribution in [3.8, 4) is 11.8 Å². The van der Waals surface area contributed by atoms with Crippen molar-refractivity contribution in [2.24, 2.45) is 5.92 Å². The summed E-state index contributed by atoms with van der Waals surface area (Å²) in [5, 5.41) is 8.74. The van der Waals surface area contributed by atoms with Gasteiger partial charge in [0.2, 0.25) is 0 Å².